The van der Waals surface area contributed by atoms with Crippen molar-refractivity contribution in [1.29, 1.82) is 0 Å². The normalized spacial score (nSPS) is 24.6. The number of aryl methyl sites for hydroxylation is 1. The van der Waals surface area contributed by atoms with Crippen molar-refractivity contribution in [3.63, 3.8) is 0 Å². The minimum Gasteiger partial charge on any atom is -0.0836 e. The highest BCUT2D eigenvalue weighted by Gasteiger charge is 2.37. The van der Waals surface area contributed by atoms with Crippen molar-refractivity contribution in [3.8, 4) is 0 Å². The average Bonchev–Trinajstić information content (AvgIpc) is 3.13. The molecule has 0 bridgehead atoms. The molecule has 226 valence electrons. The van der Waals surface area contributed by atoms with Crippen molar-refractivity contribution in [2.45, 2.75) is 57.8 Å². The highest BCUT2D eigenvalue weighted by Crippen LogP contribution is 2.49. The van der Waals surface area contributed by atoms with Gasteiger partial charge in [0.1, 0.15) is 0 Å². The van der Waals surface area contributed by atoms with Crippen LogP contribution >= 0.6 is 0 Å². The Bertz CT molecular complexity index is 2190. The zero-order chi connectivity index (χ0) is 30.5. The fourth-order valence-electron chi connectivity index (χ4n) is 9.50. The third-order valence-electron chi connectivity index (χ3n) is 11.5. The third kappa shape index (κ3) is 4.57. The number of hydrogen-bond donors (Lipinski definition) is 0. The van der Waals surface area contributed by atoms with Crippen LogP contribution in [0.1, 0.15) is 68.1 Å². The number of rotatable bonds is 4. The lowest BCUT2D eigenvalue weighted by atomic mass is 9.65. The van der Waals surface area contributed by atoms with Crippen LogP contribution in [0.15, 0.2) is 126 Å². The lowest BCUT2D eigenvalue weighted by Gasteiger charge is -2.39. The van der Waals surface area contributed by atoms with E-state index in [1.165, 1.54) is 68.8 Å². The second-order valence-electron chi connectivity index (χ2n) is 13.9. The molecule has 0 saturated heterocycles. The van der Waals surface area contributed by atoms with Crippen LogP contribution in [0.25, 0.3) is 34.4 Å². The lowest BCUT2D eigenvalue weighted by Crippen LogP contribution is -2.42. The van der Waals surface area contributed by atoms with E-state index in [-0.39, 0.29) is 0 Å². The summed E-state index contributed by atoms with van der Waals surface area (Å²) in [7, 11) is 0. The van der Waals surface area contributed by atoms with Crippen LogP contribution in [-0.2, 0) is 6.42 Å². The summed E-state index contributed by atoms with van der Waals surface area (Å²) in [5.74, 6) is 1.09. The van der Waals surface area contributed by atoms with Gasteiger partial charge in [0.2, 0.25) is 0 Å². The summed E-state index contributed by atoms with van der Waals surface area (Å²) in [6.07, 6.45) is 34.7. The van der Waals surface area contributed by atoms with Gasteiger partial charge in [-0.15, -0.1) is 0 Å². The second-order valence-corrected chi connectivity index (χ2v) is 13.9. The Morgan fingerprint density at radius 2 is 1.35 bits per heavy atom. The molecule has 0 N–H and O–H groups in total. The van der Waals surface area contributed by atoms with Gasteiger partial charge >= 0.3 is 0 Å². The highest BCUT2D eigenvalue weighted by molar-refractivity contribution is 5.91. The molecule has 0 fully saturated rings. The summed E-state index contributed by atoms with van der Waals surface area (Å²) in [5.41, 5.74) is 14.0. The average molecular weight is 595 g/mol. The Balaban J connectivity index is 1.32. The molecule has 0 heteroatoms. The predicted molar refractivity (Wildman–Crippen MR) is 195 cm³/mol. The number of fused-ring (bicyclic) bond motifs is 4. The fourth-order valence-corrected chi connectivity index (χ4v) is 9.50. The highest BCUT2D eigenvalue weighted by atomic mass is 14.4. The Morgan fingerprint density at radius 1 is 0.587 bits per heavy atom. The van der Waals surface area contributed by atoms with E-state index in [1.807, 2.05) is 0 Å². The minimum absolute atomic E-state index is 0.335. The van der Waals surface area contributed by atoms with Crippen molar-refractivity contribution < 1.29 is 0 Å². The quantitative estimate of drug-likeness (QED) is 0.285. The van der Waals surface area contributed by atoms with E-state index in [4.69, 9.17) is 0 Å². The smallest absolute Gasteiger partial charge is 0.0134 e. The molecular weight excluding hydrogens is 553 g/mol. The summed E-state index contributed by atoms with van der Waals surface area (Å²) >= 11 is 0. The van der Waals surface area contributed by atoms with Crippen molar-refractivity contribution in [2.24, 2.45) is 17.8 Å². The van der Waals surface area contributed by atoms with Gasteiger partial charge in [-0.25, -0.2) is 0 Å². The fraction of sp³-hybridized carbons (Fsp3) is 0.261. The van der Waals surface area contributed by atoms with E-state index >= 15 is 0 Å². The number of benzene rings is 3. The zero-order valence-corrected chi connectivity index (χ0v) is 26.7. The van der Waals surface area contributed by atoms with Crippen molar-refractivity contribution in [3.05, 3.63) is 164 Å². The van der Waals surface area contributed by atoms with Crippen LogP contribution in [0.3, 0.4) is 0 Å². The van der Waals surface area contributed by atoms with Crippen LogP contribution in [0.5, 0.6) is 0 Å². The van der Waals surface area contributed by atoms with E-state index in [9.17, 15) is 0 Å². The SMILES string of the molecule is C1=CCC(C2=c3ccccc3=CCC2)C(C2=c3ccccc3=C(C3=C(c4cccc5c4C=CCC5)CCCC3)C3C=CC=CC23)=C1. The summed E-state index contributed by atoms with van der Waals surface area (Å²) in [5, 5.41) is 5.79. The number of allylic oxidation sites excluding steroid dienone is 11. The maximum atomic E-state index is 2.53. The van der Waals surface area contributed by atoms with Gasteiger partial charge in [0, 0.05) is 17.8 Å². The maximum Gasteiger partial charge on any atom is 0.0134 e. The molecule has 46 heavy (non-hydrogen) atoms. The first-order valence-electron chi connectivity index (χ1n) is 17.7. The molecule has 6 aliphatic carbocycles. The van der Waals surface area contributed by atoms with Gasteiger partial charge in [0.25, 0.3) is 0 Å². The summed E-state index contributed by atoms with van der Waals surface area (Å²) in [6, 6.07) is 25.6. The number of hydrogen-bond acceptors (Lipinski definition) is 0. The summed E-state index contributed by atoms with van der Waals surface area (Å²) in [6.45, 7) is 0. The molecule has 3 atom stereocenters. The summed E-state index contributed by atoms with van der Waals surface area (Å²) < 4.78 is 0. The molecule has 0 heterocycles. The van der Waals surface area contributed by atoms with E-state index in [2.05, 4.69) is 127 Å². The van der Waals surface area contributed by atoms with Crippen molar-refractivity contribution in [2.75, 3.05) is 0 Å². The topological polar surface area (TPSA) is 0 Å². The first-order chi connectivity index (χ1) is 22.9. The van der Waals surface area contributed by atoms with Gasteiger partial charge in [-0.2, -0.15) is 0 Å². The van der Waals surface area contributed by atoms with Crippen LogP contribution in [0.2, 0.25) is 0 Å². The third-order valence-corrected chi connectivity index (χ3v) is 11.5. The predicted octanol–water partition coefficient (Wildman–Crippen LogP) is 8.27. The van der Waals surface area contributed by atoms with Gasteiger partial charge in [-0.3, -0.25) is 0 Å². The second kappa shape index (κ2) is 11.7. The molecule has 0 spiro atoms. The lowest BCUT2D eigenvalue weighted by molar-refractivity contribution is 0.648. The van der Waals surface area contributed by atoms with Gasteiger partial charge < -0.3 is 0 Å². The minimum atomic E-state index is 0.335. The molecule has 3 aromatic rings. The molecule has 0 saturated carbocycles. The van der Waals surface area contributed by atoms with Crippen molar-refractivity contribution in [1.82, 2.24) is 0 Å². The van der Waals surface area contributed by atoms with Crippen LogP contribution in [-0.4, -0.2) is 0 Å². The Labute approximate surface area is 273 Å². The van der Waals surface area contributed by atoms with Crippen LogP contribution < -0.4 is 20.9 Å². The molecule has 3 unspecified atom stereocenters. The van der Waals surface area contributed by atoms with E-state index in [0.717, 1.165) is 32.1 Å². The van der Waals surface area contributed by atoms with Crippen LogP contribution in [0.4, 0.5) is 0 Å². The monoisotopic (exact) mass is 594 g/mol. The van der Waals surface area contributed by atoms with Crippen LogP contribution in [0, 0.1) is 17.8 Å². The van der Waals surface area contributed by atoms with Gasteiger partial charge in [0.15, 0.2) is 0 Å². The first-order valence-corrected chi connectivity index (χ1v) is 17.7. The van der Waals surface area contributed by atoms with Crippen molar-refractivity contribution >= 4 is 34.4 Å². The molecule has 0 radical (unpaired) electrons. The van der Waals surface area contributed by atoms with Gasteiger partial charge in [-0.1, -0.05) is 133 Å². The molecule has 0 nitrogen and oxygen atoms in total. The first kappa shape index (κ1) is 27.9. The molecule has 0 amide bonds. The molecule has 6 aliphatic rings. The van der Waals surface area contributed by atoms with E-state index in [0.29, 0.717) is 17.8 Å². The molecule has 9 rings (SSSR count). The molecular formula is C46H42. The standard InChI is InChI=1S/C46H42/c1-3-19-33-31(15-1)17-13-29-35(33)37-21-5-7-23-39(37)45-41-25-9-11-27-43(41)46(44-28-12-10-26-42(44)45)40-24-8-6-22-38(40)36-30-14-18-32-16-2-4-20-34(32)36/h1,3-5,7,9-12,14-15,17-20,23,25-28,30,37,41,43H,2,6,8,13,16,21-22,24,29H2. The Morgan fingerprint density at radius 3 is 2.22 bits per heavy atom. The molecule has 3 aromatic carbocycles. The van der Waals surface area contributed by atoms with Gasteiger partial charge in [-0.05, 0) is 123 Å². The van der Waals surface area contributed by atoms with E-state index < -0.39 is 0 Å². The summed E-state index contributed by atoms with van der Waals surface area (Å²) in [4.78, 5) is 0. The molecule has 0 aromatic heterocycles. The largest absolute Gasteiger partial charge is 0.0836 e. The molecule has 0 aliphatic heterocycles. The van der Waals surface area contributed by atoms with E-state index in [1.54, 1.807) is 27.9 Å². The Kier molecular flexibility index (Phi) is 7.11. The zero-order valence-electron chi connectivity index (χ0n) is 26.7. The Hall–Kier alpha value is -4.42. The van der Waals surface area contributed by atoms with Gasteiger partial charge in [0.05, 0.1) is 0 Å². The maximum absolute atomic E-state index is 2.53.